The molecule has 1 fully saturated rings. The summed E-state index contributed by atoms with van der Waals surface area (Å²) in [6, 6.07) is 31.1. The van der Waals surface area contributed by atoms with Gasteiger partial charge in [0.15, 0.2) is 0 Å². The molecule has 2 aromatic heterocycles. The van der Waals surface area contributed by atoms with Crippen LogP contribution in [-0.2, 0) is 6.54 Å². The van der Waals surface area contributed by atoms with E-state index in [1.54, 1.807) is 0 Å². The number of anilines is 1. The number of rotatable bonds is 6. The van der Waals surface area contributed by atoms with Crippen LogP contribution < -0.4 is 10.6 Å². The van der Waals surface area contributed by atoms with E-state index in [2.05, 4.69) is 52.4 Å². The molecule has 3 aromatic carbocycles. The minimum Gasteiger partial charge on any atom is -0.362 e. The number of nitriles is 1. The first-order chi connectivity index (χ1) is 19.5. The molecule has 0 aliphatic carbocycles. The smallest absolute Gasteiger partial charge is 0.326 e. The second-order valence-electron chi connectivity index (χ2n) is 10.6. The topological polar surface area (TPSA) is 81.0 Å². The highest BCUT2D eigenvalue weighted by Crippen LogP contribution is 2.35. The minimum atomic E-state index is -0.0149. The molecule has 3 heterocycles. The number of likely N-dealkylation sites (tertiary alicyclic amines) is 1. The Morgan fingerprint density at radius 1 is 0.950 bits per heavy atom. The van der Waals surface area contributed by atoms with Crippen molar-refractivity contribution in [1.29, 1.82) is 5.26 Å². The molecule has 1 aliphatic rings. The Bertz CT molecular complexity index is 1740. The Morgan fingerprint density at radius 3 is 2.35 bits per heavy atom. The first kappa shape index (κ1) is 25.6. The van der Waals surface area contributed by atoms with Gasteiger partial charge in [-0.2, -0.15) is 5.26 Å². The van der Waals surface area contributed by atoms with Gasteiger partial charge in [-0.15, -0.1) is 0 Å². The maximum atomic E-state index is 12.6. The third kappa shape index (κ3) is 4.90. The third-order valence-corrected chi connectivity index (χ3v) is 7.81. The Labute approximate surface area is 233 Å². The maximum absolute atomic E-state index is 12.6. The van der Waals surface area contributed by atoms with Gasteiger partial charge in [0.05, 0.1) is 22.3 Å². The van der Waals surface area contributed by atoms with Gasteiger partial charge in [0.2, 0.25) is 0 Å². The summed E-state index contributed by atoms with van der Waals surface area (Å²) in [4.78, 5) is 24.9. The number of aromatic amines is 1. The normalized spacial score (nSPS) is 14.3. The van der Waals surface area contributed by atoms with Gasteiger partial charge < -0.3 is 9.88 Å². The monoisotopic (exact) mass is 528 g/mol. The first-order valence-corrected chi connectivity index (χ1v) is 13.7. The lowest BCUT2D eigenvalue weighted by molar-refractivity contribution is 0.180. The van der Waals surface area contributed by atoms with Gasteiger partial charge >= 0.3 is 5.69 Å². The van der Waals surface area contributed by atoms with Crippen LogP contribution >= 0.6 is 0 Å². The highest BCUT2D eigenvalue weighted by atomic mass is 16.1. The Balaban J connectivity index is 1.21. The van der Waals surface area contributed by atoms with Crippen LogP contribution in [0.15, 0.2) is 89.7 Å². The van der Waals surface area contributed by atoms with E-state index in [1.165, 1.54) is 5.56 Å². The quantitative estimate of drug-likeness (QED) is 0.300. The van der Waals surface area contributed by atoms with Crippen molar-refractivity contribution >= 4 is 16.9 Å². The molecule has 7 nitrogen and oxygen atoms in total. The predicted molar refractivity (Wildman–Crippen MR) is 160 cm³/mol. The van der Waals surface area contributed by atoms with Crippen LogP contribution in [0, 0.1) is 11.3 Å². The summed E-state index contributed by atoms with van der Waals surface area (Å²) in [5.74, 6) is 0.665. The number of pyridine rings is 1. The van der Waals surface area contributed by atoms with Crippen LogP contribution in [0.1, 0.15) is 30.0 Å². The molecule has 1 aliphatic heterocycles. The fourth-order valence-corrected chi connectivity index (χ4v) is 5.78. The highest BCUT2D eigenvalue weighted by molar-refractivity contribution is 5.84. The predicted octanol–water partition coefficient (Wildman–Crippen LogP) is 5.83. The van der Waals surface area contributed by atoms with Gasteiger partial charge in [0.1, 0.15) is 11.9 Å². The van der Waals surface area contributed by atoms with E-state index in [0.29, 0.717) is 11.4 Å². The van der Waals surface area contributed by atoms with E-state index < -0.39 is 0 Å². The average Bonchev–Trinajstić information content (AvgIpc) is 3.33. The minimum absolute atomic E-state index is 0.0149. The summed E-state index contributed by atoms with van der Waals surface area (Å²) < 4.78 is 1.94. The van der Waals surface area contributed by atoms with Crippen LogP contribution in [0.5, 0.6) is 0 Å². The fraction of sp³-hybridized carbons (Fsp3) is 0.242. The molecular formula is C33H32N6O. The number of piperidine rings is 1. The van der Waals surface area contributed by atoms with Crippen molar-refractivity contribution in [2.75, 3.05) is 32.1 Å². The average molecular weight is 529 g/mol. The molecule has 7 heteroatoms. The van der Waals surface area contributed by atoms with Gasteiger partial charge in [0.25, 0.3) is 0 Å². The van der Waals surface area contributed by atoms with E-state index in [4.69, 9.17) is 4.98 Å². The molecule has 1 saturated heterocycles. The molecular weight excluding hydrogens is 496 g/mol. The van der Waals surface area contributed by atoms with E-state index in [0.717, 1.165) is 65.9 Å². The Kier molecular flexibility index (Phi) is 6.93. The largest absolute Gasteiger partial charge is 0.362 e. The molecule has 40 heavy (non-hydrogen) atoms. The van der Waals surface area contributed by atoms with Gasteiger partial charge in [-0.25, -0.2) is 9.78 Å². The number of para-hydroxylation sites is 2. The fourth-order valence-electron chi connectivity index (χ4n) is 5.78. The van der Waals surface area contributed by atoms with E-state index in [9.17, 15) is 10.1 Å². The van der Waals surface area contributed by atoms with Crippen molar-refractivity contribution in [3.8, 4) is 28.5 Å². The maximum Gasteiger partial charge on any atom is 0.326 e. The summed E-state index contributed by atoms with van der Waals surface area (Å²) in [6.45, 7) is 2.75. The summed E-state index contributed by atoms with van der Waals surface area (Å²) in [7, 11) is 3.83. The number of benzene rings is 3. The van der Waals surface area contributed by atoms with Gasteiger partial charge in [-0.3, -0.25) is 9.47 Å². The zero-order valence-corrected chi connectivity index (χ0v) is 22.8. The molecule has 0 saturated carbocycles. The van der Waals surface area contributed by atoms with Crippen LogP contribution in [0.25, 0.3) is 33.4 Å². The Morgan fingerprint density at radius 2 is 1.65 bits per heavy atom. The van der Waals surface area contributed by atoms with Crippen LogP contribution in [0.2, 0.25) is 0 Å². The molecule has 200 valence electrons. The molecule has 6 rings (SSSR count). The van der Waals surface area contributed by atoms with Gasteiger partial charge in [0, 0.05) is 50.9 Å². The summed E-state index contributed by atoms with van der Waals surface area (Å²) >= 11 is 0. The number of fused-ring (bicyclic) bond motifs is 1. The van der Waals surface area contributed by atoms with Crippen molar-refractivity contribution in [3.63, 3.8) is 0 Å². The SMILES string of the molecule is CN(C)c1nc(-c2ccc(CN3CCC(n4c(=O)[nH]c5ccccc54)CC3)cc2)c(-c2ccccc2)cc1C#N. The van der Waals surface area contributed by atoms with Crippen molar-refractivity contribution in [2.24, 2.45) is 0 Å². The first-order valence-electron chi connectivity index (χ1n) is 13.7. The molecule has 0 bridgehead atoms. The van der Waals surface area contributed by atoms with Crippen LogP contribution in [0.4, 0.5) is 5.82 Å². The lowest BCUT2D eigenvalue weighted by Crippen LogP contribution is -2.36. The number of imidazole rings is 1. The molecule has 0 spiro atoms. The lowest BCUT2D eigenvalue weighted by Gasteiger charge is -2.32. The van der Waals surface area contributed by atoms with Crippen molar-refractivity contribution in [2.45, 2.75) is 25.4 Å². The number of nitrogens with zero attached hydrogens (tertiary/aromatic N) is 5. The highest BCUT2D eigenvalue weighted by Gasteiger charge is 2.24. The van der Waals surface area contributed by atoms with Crippen molar-refractivity contribution in [3.05, 3.63) is 107 Å². The molecule has 0 unspecified atom stereocenters. The summed E-state index contributed by atoms with van der Waals surface area (Å²) in [5, 5.41) is 9.78. The van der Waals surface area contributed by atoms with E-state index >= 15 is 0 Å². The van der Waals surface area contributed by atoms with Crippen LogP contribution in [0.3, 0.4) is 0 Å². The number of nitrogens with one attached hydrogen (secondary N) is 1. The van der Waals surface area contributed by atoms with Crippen molar-refractivity contribution < 1.29 is 0 Å². The summed E-state index contributed by atoms with van der Waals surface area (Å²) in [6.07, 6.45) is 1.89. The molecule has 0 amide bonds. The zero-order chi connectivity index (χ0) is 27.6. The standard InChI is InChI=1S/C33H32N6O/c1-37(2)32-26(21-34)20-28(24-8-4-3-5-9-24)31(36-32)25-14-12-23(13-15-25)22-38-18-16-27(17-19-38)39-30-11-7-6-10-29(30)35-33(39)40/h3-15,20,27H,16-19,22H2,1-2H3,(H,35,40). The number of hydrogen-bond donors (Lipinski definition) is 1. The van der Waals surface area contributed by atoms with E-state index in [-0.39, 0.29) is 11.7 Å². The molecule has 0 radical (unpaired) electrons. The molecule has 5 aromatic rings. The van der Waals surface area contributed by atoms with Gasteiger partial charge in [-0.1, -0.05) is 66.7 Å². The Hall–Kier alpha value is -4.67. The zero-order valence-electron chi connectivity index (χ0n) is 22.8. The van der Waals surface area contributed by atoms with E-state index in [1.807, 2.05) is 72.1 Å². The third-order valence-electron chi connectivity index (χ3n) is 7.81. The van der Waals surface area contributed by atoms with Crippen molar-refractivity contribution in [1.82, 2.24) is 19.4 Å². The van der Waals surface area contributed by atoms with Crippen LogP contribution in [-0.4, -0.2) is 46.6 Å². The van der Waals surface area contributed by atoms with Gasteiger partial charge in [-0.05, 0) is 42.2 Å². The summed E-state index contributed by atoms with van der Waals surface area (Å²) in [5.41, 5.74) is 7.55. The second-order valence-corrected chi connectivity index (χ2v) is 10.6. The lowest BCUT2D eigenvalue weighted by atomic mass is 9.96. The number of hydrogen-bond acceptors (Lipinski definition) is 5. The molecule has 1 N–H and O–H groups in total. The number of aromatic nitrogens is 3. The second kappa shape index (κ2) is 10.8. The number of H-pyrrole nitrogens is 1. The molecule has 0 atom stereocenters.